The van der Waals surface area contributed by atoms with Gasteiger partial charge in [-0.25, -0.2) is 16.8 Å². The molecule has 1 atom stereocenters. The molecule has 1 amide bonds. The standard InChI is InChI=1S/C18H23N3O6S2/c1-18(2,3)15-11-16(20-27-15)19-17(22)14-9-10-21(14)29(25,26)13-7-5-12(6-8-13)28(4,23)24/h5-8,11,14H,9-10H2,1-4H3,(H,19,20,22)/t14-/m0/s1. The van der Waals surface area contributed by atoms with Crippen LogP contribution < -0.4 is 5.32 Å². The fraction of sp³-hybridized carbons (Fsp3) is 0.444. The summed E-state index contributed by atoms with van der Waals surface area (Å²) in [6.07, 6.45) is 1.41. The molecule has 1 aliphatic rings. The molecule has 0 aliphatic carbocycles. The van der Waals surface area contributed by atoms with E-state index in [2.05, 4.69) is 10.5 Å². The molecule has 0 radical (unpaired) electrons. The zero-order valence-electron chi connectivity index (χ0n) is 16.5. The molecule has 0 spiro atoms. The lowest BCUT2D eigenvalue weighted by molar-refractivity contribution is -0.122. The Hall–Kier alpha value is -2.24. The number of sulfonamides is 1. The van der Waals surface area contributed by atoms with Gasteiger partial charge in [0.25, 0.3) is 0 Å². The third-order valence-corrected chi connectivity index (χ3v) is 7.68. The molecule has 1 aromatic heterocycles. The highest BCUT2D eigenvalue weighted by Gasteiger charge is 2.43. The van der Waals surface area contributed by atoms with Crippen LogP contribution in [0.4, 0.5) is 5.82 Å². The fourth-order valence-corrected chi connectivity index (χ4v) is 5.07. The minimum absolute atomic E-state index is 0.0232. The lowest BCUT2D eigenvalue weighted by Gasteiger charge is -2.38. The summed E-state index contributed by atoms with van der Waals surface area (Å²) >= 11 is 0. The second kappa shape index (κ2) is 7.22. The third-order valence-electron chi connectivity index (χ3n) is 4.63. The van der Waals surface area contributed by atoms with Gasteiger partial charge in [-0.05, 0) is 30.7 Å². The Morgan fingerprint density at radius 3 is 2.17 bits per heavy atom. The molecule has 0 bridgehead atoms. The largest absolute Gasteiger partial charge is 0.359 e. The summed E-state index contributed by atoms with van der Waals surface area (Å²) in [7, 11) is -7.37. The first-order valence-electron chi connectivity index (χ1n) is 8.90. The molecule has 9 nitrogen and oxygen atoms in total. The van der Waals surface area contributed by atoms with Gasteiger partial charge in [-0.1, -0.05) is 25.9 Å². The summed E-state index contributed by atoms with van der Waals surface area (Å²) in [6.45, 7) is 6.01. The van der Waals surface area contributed by atoms with Gasteiger partial charge in [-0.3, -0.25) is 4.79 Å². The van der Waals surface area contributed by atoms with Gasteiger partial charge in [0.2, 0.25) is 15.9 Å². The summed E-state index contributed by atoms with van der Waals surface area (Å²) < 4.78 is 55.1. The molecule has 0 saturated carbocycles. The van der Waals surface area contributed by atoms with Gasteiger partial charge >= 0.3 is 0 Å². The van der Waals surface area contributed by atoms with Crippen LogP contribution in [0.5, 0.6) is 0 Å². The van der Waals surface area contributed by atoms with E-state index in [0.717, 1.165) is 10.6 Å². The van der Waals surface area contributed by atoms with E-state index in [1.54, 1.807) is 6.07 Å². The van der Waals surface area contributed by atoms with Gasteiger partial charge in [-0.2, -0.15) is 4.31 Å². The number of anilines is 1. The van der Waals surface area contributed by atoms with Crippen molar-refractivity contribution in [3.05, 3.63) is 36.1 Å². The summed E-state index contributed by atoms with van der Waals surface area (Å²) in [6, 6.07) is 5.67. The number of aromatic nitrogens is 1. The first-order valence-corrected chi connectivity index (χ1v) is 12.2. The van der Waals surface area contributed by atoms with Gasteiger partial charge < -0.3 is 9.84 Å². The number of amides is 1. The SMILES string of the molecule is CC(C)(C)c1cc(NC(=O)[C@@H]2CCN2S(=O)(=O)c2ccc(S(C)(=O)=O)cc2)no1. The van der Waals surface area contributed by atoms with E-state index in [0.29, 0.717) is 12.2 Å². The molecule has 2 heterocycles. The molecule has 1 saturated heterocycles. The highest BCUT2D eigenvalue weighted by Crippen LogP contribution is 2.29. The Balaban J connectivity index is 1.75. The van der Waals surface area contributed by atoms with Gasteiger partial charge in [0.15, 0.2) is 15.7 Å². The van der Waals surface area contributed by atoms with Crippen LogP contribution in [0.25, 0.3) is 0 Å². The third kappa shape index (κ3) is 4.36. The van der Waals surface area contributed by atoms with Crippen molar-refractivity contribution >= 4 is 31.6 Å². The van der Waals surface area contributed by atoms with Crippen molar-refractivity contribution in [1.82, 2.24) is 9.46 Å². The zero-order valence-corrected chi connectivity index (χ0v) is 18.2. The number of carbonyl (C=O) groups is 1. The molecule has 1 aromatic carbocycles. The molecule has 1 N–H and O–H groups in total. The Morgan fingerprint density at radius 2 is 1.72 bits per heavy atom. The average molecular weight is 442 g/mol. The van der Waals surface area contributed by atoms with Crippen molar-refractivity contribution in [3.8, 4) is 0 Å². The Kier molecular flexibility index (Phi) is 5.35. The fourth-order valence-electron chi connectivity index (χ4n) is 2.80. The van der Waals surface area contributed by atoms with Crippen LogP contribution in [0.2, 0.25) is 0 Å². The maximum absolute atomic E-state index is 12.8. The van der Waals surface area contributed by atoms with Crippen molar-refractivity contribution < 1.29 is 26.2 Å². The molecular weight excluding hydrogens is 418 g/mol. The lowest BCUT2D eigenvalue weighted by atomic mass is 9.93. The number of nitrogens with zero attached hydrogens (tertiary/aromatic N) is 2. The van der Waals surface area contributed by atoms with Crippen LogP contribution in [-0.2, 0) is 30.1 Å². The second-order valence-electron chi connectivity index (χ2n) is 7.98. The summed E-state index contributed by atoms with van der Waals surface area (Å²) in [5, 5.41) is 6.40. The minimum atomic E-state index is -3.94. The molecule has 1 fully saturated rings. The molecule has 158 valence electrons. The molecule has 3 rings (SSSR count). The van der Waals surface area contributed by atoms with E-state index >= 15 is 0 Å². The summed E-state index contributed by atoms with van der Waals surface area (Å²) in [4.78, 5) is 12.5. The van der Waals surface area contributed by atoms with Gasteiger partial charge in [0, 0.05) is 24.3 Å². The molecule has 29 heavy (non-hydrogen) atoms. The first kappa shape index (κ1) is 21.5. The van der Waals surface area contributed by atoms with Crippen LogP contribution in [0.1, 0.15) is 33.0 Å². The number of rotatable bonds is 5. The molecule has 11 heteroatoms. The van der Waals surface area contributed by atoms with Gasteiger partial charge in [-0.15, -0.1) is 0 Å². The van der Waals surface area contributed by atoms with Crippen molar-refractivity contribution in [2.75, 3.05) is 18.1 Å². The van der Waals surface area contributed by atoms with E-state index in [9.17, 15) is 21.6 Å². The molecule has 1 aliphatic heterocycles. The summed E-state index contributed by atoms with van der Waals surface area (Å²) in [5.74, 6) is 0.319. The van der Waals surface area contributed by atoms with Crippen molar-refractivity contribution in [2.24, 2.45) is 0 Å². The number of sulfone groups is 1. The van der Waals surface area contributed by atoms with Crippen molar-refractivity contribution in [2.45, 2.75) is 48.4 Å². The number of carbonyl (C=O) groups excluding carboxylic acids is 1. The van der Waals surface area contributed by atoms with Crippen LogP contribution in [0.15, 0.2) is 44.6 Å². The molecular formula is C18H23N3O6S2. The monoisotopic (exact) mass is 441 g/mol. The maximum atomic E-state index is 12.8. The Morgan fingerprint density at radius 1 is 1.14 bits per heavy atom. The van der Waals surface area contributed by atoms with E-state index in [-0.39, 0.29) is 27.6 Å². The lowest BCUT2D eigenvalue weighted by Crippen LogP contribution is -2.56. The predicted octanol–water partition coefficient (Wildman–Crippen LogP) is 1.78. The van der Waals surface area contributed by atoms with Gasteiger partial charge in [0.1, 0.15) is 11.8 Å². The van der Waals surface area contributed by atoms with E-state index < -0.39 is 31.8 Å². The van der Waals surface area contributed by atoms with Gasteiger partial charge in [0.05, 0.1) is 9.79 Å². The zero-order chi connectivity index (χ0) is 21.6. The molecule has 2 aromatic rings. The number of hydrogen-bond donors (Lipinski definition) is 1. The highest BCUT2D eigenvalue weighted by molar-refractivity contribution is 7.90. The van der Waals surface area contributed by atoms with E-state index in [1.807, 2.05) is 20.8 Å². The number of benzene rings is 1. The Labute approximate surface area is 170 Å². The first-order chi connectivity index (χ1) is 13.3. The second-order valence-corrected chi connectivity index (χ2v) is 11.9. The minimum Gasteiger partial charge on any atom is -0.359 e. The highest BCUT2D eigenvalue weighted by atomic mass is 32.2. The van der Waals surface area contributed by atoms with Crippen LogP contribution in [0, 0.1) is 0 Å². The van der Waals surface area contributed by atoms with E-state index in [4.69, 9.17) is 4.52 Å². The number of nitrogens with one attached hydrogen (secondary N) is 1. The van der Waals surface area contributed by atoms with Crippen molar-refractivity contribution in [1.29, 1.82) is 0 Å². The smallest absolute Gasteiger partial charge is 0.244 e. The van der Waals surface area contributed by atoms with Crippen LogP contribution in [-0.4, -0.2) is 51.0 Å². The molecule has 0 unspecified atom stereocenters. The van der Waals surface area contributed by atoms with Crippen LogP contribution >= 0.6 is 0 Å². The Bertz CT molecular complexity index is 1130. The van der Waals surface area contributed by atoms with E-state index in [1.165, 1.54) is 24.3 Å². The average Bonchev–Trinajstić information content (AvgIpc) is 3.01. The van der Waals surface area contributed by atoms with Crippen molar-refractivity contribution in [3.63, 3.8) is 0 Å². The van der Waals surface area contributed by atoms with Crippen LogP contribution in [0.3, 0.4) is 0 Å². The number of hydrogen-bond acceptors (Lipinski definition) is 7. The summed E-state index contributed by atoms with van der Waals surface area (Å²) in [5.41, 5.74) is -0.278. The quantitative estimate of drug-likeness (QED) is 0.749. The predicted molar refractivity (Wildman–Crippen MR) is 106 cm³/mol. The maximum Gasteiger partial charge on any atom is 0.244 e. The normalized spacial score (nSPS) is 18.3. The topological polar surface area (TPSA) is 127 Å².